The highest BCUT2D eigenvalue weighted by molar-refractivity contribution is 7.92. The molecule has 114 valence electrons. The summed E-state index contributed by atoms with van der Waals surface area (Å²) in [7, 11) is -3.80. The minimum atomic E-state index is -3.80. The Hall–Kier alpha value is -1.96. The van der Waals surface area contributed by atoms with E-state index >= 15 is 0 Å². The summed E-state index contributed by atoms with van der Waals surface area (Å²) >= 11 is 0. The van der Waals surface area contributed by atoms with Crippen molar-refractivity contribution in [3.05, 3.63) is 36.2 Å². The second-order valence-corrected chi connectivity index (χ2v) is 6.45. The van der Waals surface area contributed by atoms with Crippen molar-refractivity contribution in [1.29, 1.82) is 0 Å². The first-order valence-corrected chi connectivity index (χ1v) is 8.02. The summed E-state index contributed by atoms with van der Waals surface area (Å²) in [5.74, 6) is -0.727. The molecular weight excluding hydrogens is 295 g/mol. The molecule has 8 heteroatoms. The summed E-state index contributed by atoms with van der Waals surface area (Å²) in [6.07, 6.45) is 3.33. The molecular formula is C13H17FN4O2S. The van der Waals surface area contributed by atoms with E-state index in [0.717, 1.165) is 24.4 Å². The molecule has 1 N–H and O–H groups in total. The van der Waals surface area contributed by atoms with Crippen LogP contribution >= 0.6 is 0 Å². The van der Waals surface area contributed by atoms with Crippen LogP contribution < -0.4 is 4.72 Å². The summed E-state index contributed by atoms with van der Waals surface area (Å²) in [6, 6.07) is 2.35. The molecule has 2 aromatic heterocycles. The van der Waals surface area contributed by atoms with Crippen LogP contribution in [-0.4, -0.2) is 23.2 Å². The second kappa shape index (κ2) is 5.80. The molecule has 0 saturated carbocycles. The van der Waals surface area contributed by atoms with E-state index in [0.29, 0.717) is 5.69 Å². The lowest BCUT2D eigenvalue weighted by Gasteiger charge is -2.12. The molecule has 0 amide bonds. The maximum atomic E-state index is 12.8. The zero-order chi connectivity index (χ0) is 15.6. The van der Waals surface area contributed by atoms with Crippen LogP contribution in [0.3, 0.4) is 0 Å². The summed E-state index contributed by atoms with van der Waals surface area (Å²) in [5, 5.41) is 4.19. The molecule has 21 heavy (non-hydrogen) atoms. The van der Waals surface area contributed by atoms with Gasteiger partial charge >= 0.3 is 0 Å². The van der Waals surface area contributed by atoms with Gasteiger partial charge in [-0.15, -0.1) is 0 Å². The highest BCUT2D eigenvalue weighted by Gasteiger charge is 2.19. The highest BCUT2D eigenvalue weighted by atomic mass is 32.2. The van der Waals surface area contributed by atoms with Gasteiger partial charge < -0.3 is 0 Å². The van der Waals surface area contributed by atoms with Crippen molar-refractivity contribution in [1.82, 2.24) is 14.8 Å². The second-order valence-electron chi connectivity index (χ2n) is 4.77. The first-order chi connectivity index (χ1) is 9.85. The van der Waals surface area contributed by atoms with E-state index in [9.17, 15) is 12.8 Å². The van der Waals surface area contributed by atoms with E-state index in [-0.39, 0.29) is 10.9 Å². The first-order valence-electron chi connectivity index (χ1n) is 6.53. The maximum absolute atomic E-state index is 12.8. The molecule has 2 heterocycles. The predicted octanol–water partition coefficient (Wildman–Crippen LogP) is 2.50. The van der Waals surface area contributed by atoms with Crippen molar-refractivity contribution in [2.24, 2.45) is 0 Å². The topological polar surface area (TPSA) is 76.9 Å². The molecule has 6 nitrogen and oxygen atoms in total. The van der Waals surface area contributed by atoms with E-state index in [4.69, 9.17) is 0 Å². The number of pyridine rings is 1. The summed E-state index contributed by atoms with van der Waals surface area (Å²) in [4.78, 5) is 3.25. The normalized spacial score (nSPS) is 13.1. The van der Waals surface area contributed by atoms with E-state index < -0.39 is 16.0 Å². The number of rotatable bonds is 5. The van der Waals surface area contributed by atoms with E-state index in [1.165, 1.54) is 12.3 Å². The molecule has 0 spiro atoms. The van der Waals surface area contributed by atoms with E-state index in [1.807, 2.05) is 13.8 Å². The number of nitrogens with one attached hydrogen (secondary N) is 1. The van der Waals surface area contributed by atoms with Crippen LogP contribution in [0.25, 0.3) is 0 Å². The predicted molar refractivity (Wildman–Crippen MR) is 77.0 cm³/mol. The van der Waals surface area contributed by atoms with Crippen LogP contribution in [0.5, 0.6) is 0 Å². The van der Waals surface area contributed by atoms with Crippen LogP contribution in [-0.2, 0) is 10.0 Å². The molecule has 2 rings (SSSR count). The zero-order valence-electron chi connectivity index (χ0n) is 12.0. The quantitative estimate of drug-likeness (QED) is 0.861. The summed E-state index contributed by atoms with van der Waals surface area (Å²) in [6.45, 7) is 5.82. The fourth-order valence-electron chi connectivity index (χ4n) is 1.87. The molecule has 0 aromatic carbocycles. The Kier molecular flexibility index (Phi) is 4.26. The van der Waals surface area contributed by atoms with Crippen molar-refractivity contribution < 1.29 is 12.8 Å². The fourth-order valence-corrected chi connectivity index (χ4v) is 2.91. The molecule has 0 aliphatic rings. The van der Waals surface area contributed by atoms with Gasteiger partial charge in [0.1, 0.15) is 4.90 Å². The van der Waals surface area contributed by atoms with Crippen LogP contribution in [0.4, 0.5) is 10.1 Å². The lowest BCUT2D eigenvalue weighted by atomic mass is 10.2. The van der Waals surface area contributed by atoms with Gasteiger partial charge in [-0.05, 0) is 32.4 Å². The molecule has 0 aliphatic heterocycles. The Balaban J connectivity index is 2.29. The van der Waals surface area contributed by atoms with Crippen molar-refractivity contribution >= 4 is 15.7 Å². The zero-order valence-corrected chi connectivity index (χ0v) is 12.9. The third kappa shape index (κ3) is 3.21. The first kappa shape index (κ1) is 15.4. The number of nitrogens with zero attached hydrogens (tertiary/aromatic N) is 3. The van der Waals surface area contributed by atoms with Gasteiger partial charge in [0.15, 0.2) is 0 Å². The minimum absolute atomic E-state index is 0.0976. The Morgan fingerprint density at radius 2 is 2.10 bits per heavy atom. The fraction of sp³-hybridized carbons (Fsp3) is 0.385. The molecule has 2 aromatic rings. The lowest BCUT2D eigenvalue weighted by molar-refractivity contribution is 0.468. The van der Waals surface area contributed by atoms with Gasteiger partial charge in [0.05, 0.1) is 23.8 Å². The van der Waals surface area contributed by atoms with Crippen molar-refractivity contribution in [2.45, 2.75) is 38.1 Å². The molecule has 0 saturated heterocycles. The molecule has 1 atom stereocenters. The van der Waals surface area contributed by atoms with Crippen LogP contribution in [0.15, 0.2) is 29.4 Å². The monoisotopic (exact) mass is 312 g/mol. The number of hydrogen-bond donors (Lipinski definition) is 1. The van der Waals surface area contributed by atoms with Crippen LogP contribution in [0.2, 0.25) is 0 Å². The Labute approximate surface area is 123 Å². The number of anilines is 1. The molecule has 1 unspecified atom stereocenters. The van der Waals surface area contributed by atoms with Gasteiger partial charge in [0.2, 0.25) is 5.95 Å². The molecule has 0 radical (unpaired) electrons. The van der Waals surface area contributed by atoms with Crippen LogP contribution in [0.1, 0.15) is 32.0 Å². The van der Waals surface area contributed by atoms with E-state index in [1.54, 1.807) is 11.6 Å². The molecule has 0 fully saturated rings. The smallest absolute Gasteiger partial charge is 0.263 e. The Morgan fingerprint density at radius 1 is 1.38 bits per heavy atom. The number of halogens is 1. The maximum Gasteiger partial charge on any atom is 0.263 e. The lowest BCUT2D eigenvalue weighted by Crippen LogP contribution is -2.14. The van der Waals surface area contributed by atoms with Crippen molar-refractivity contribution in [3.8, 4) is 0 Å². The van der Waals surface area contributed by atoms with Gasteiger partial charge in [-0.1, -0.05) is 6.92 Å². The van der Waals surface area contributed by atoms with Gasteiger partial charge in [-0.2, -0.15) is 9.49 Å². The highest BCUT2D eigenvalue weighted by Crippen LogP contribution is 2.22. The minimum Gasteiger partial charge on any atom is -0.276 e. The number of hydrogen-bond acceptors (Lipinski definition) is 4. The third-order valence-corrected chi connectivity index (χ3v) is 4.66. The molecule has 0 bridgehead atoms. The largest absolute Gasteiger partial charge is 0.276 e. The summed E-state index contributed by atoms with van der Waals surface area (Å²) in [5.41, 5.74) is 1.13. The Morgan fingerprint density at radius 3 is 2.67 bits per heavy atom. The average molecular weight is 312 g/mol. The van der Waals surface area contributed by atoms with Crippen molar-refractivity contribution in [2.75, 3.05) is 4.72 Å². The van der Waals surface area contributed by atoms with Crippen molar-refractivity contribution in [3.63, 3.8) is 0 Å². The van der Waals surface area contributed by atoms with Crippen LogP contribution in [0, 0.1) is 12.9 Å². The van der Waals surface area contributed by atoms with Gasteiger partial charge in [-0.3, -0.25) is 9.40 Å². The van der Waals surface area contributed by atoms with Gasteiger partial charge in [0, 0.05) is 6.04 Å². The molecule has 0 aliphatic carbocycles. The average Bonchev–Trinajstić information content (AvgIpc) is 2.79. The van der Waals surface area contributed by atoms with Gasteiger partial charge in [-0.25, -0.2) is 13.4 Å². The number of sulfonamides is 1. The standard InChI is InChI=1S/C13H17FN4O2S/c1-4-9(2)18-10(3)12(8-16-18)17-21(19,20)11-5-6-13(14)15-7-11/h5-9,17H,4H2,1-3H3. The summed E-state index contributed by atoms with van der Waals surface area (Å²) < 4.78 is 41.4. The SMILES string of the molecule is CCC(C)n1ncc(NS(=O)(=O)c2ccc(F)nc2)c1C. The van der Waals surface area contributed by atoms with E-state index in [2.05, 4.69) is 14.8 Å². The Bertz CT molecular complexity index is 725. The van der Waals surface area contributed by atoms with Gasteiger partial charge in [0.25, 0.3) is 10.0 Å². The third-order valence-electron chi connectivity index (χ3n) is 3.31. The number of aromatic nitrogens is 3.